The fourth-order valence-corrected chi connectivity index (χ4v) is 4.34. The third kappa shape index (κ3) is 4.14. The van der Waals surface area contributed by atoms with Crippen molar-refractivity contribution in [2.24, 2.45) is 0 Å². The first kappa shape index (κ1) is 22.3. The lowest BCUT2D eigenvalue weighted by molar-refractivity contribution is -0.384. The predicted octanol–water partition coefficient (Wildman–Crippen LogP) is 8.07. The van der Waals surface area contributed by atoms with Crippen LogP contribution in [0.2, 0.25) is 5.02 Å². The van der Waals surface area contributed by atoms with Crippen molar-refractivity contribution in [3.63, 3.8) is 0 Å². The molecule has 5 nitrogen and oxygen atoms in total. The van der Waals surface area contributed by atoms with Crippen molar-refractivity contribution in [1.82, 2.24) is 0 Å². The Morgan fingerprint density at radius 3 is 1.94 bits per heavy atom. The molecule has 0 spiro atoms. The number of benzene rings is 4. The molecule has 0 aliphatic heterocycles. The Balaban J connectivity index is 1.92. The average Bonchev–Trinajstić information content (AvgIpc) is 3.29. The molecule has 170 valence electrons. The van der Waals surface area contributed by atoms with Gasteiger partial charge in [0.15, 0.2) is 5.78 Å². The Morgan fingerprint density at radius 1 is 0.714 bits per heavy atom. The Morgan fingerprint density at radius 2 is 1.29 bits per heavy atom. The zero-order valence-electron chi connectivity index (χ0n) is 18.4. The van der Waals surface area contributed by atoms with E-state index < -0.39 is 4.92 Å². The van der Waals surface area contributed by atoms with E-state index in [1.54, 1.807) is 66.7 Å². The second-order valence-electron chi connectivity index (χ2n) is 7.83. The van der Waals surface area contributed by atoms with Crippen molar-refractivity contribution in [2.45, 2.75) is 0 Å². The van der Waals surface area contributed by atoms with Crippen LogP contribution in [-0.2, 0) is 0 Å². The van der Waals surface area contributed by atoms with Gasteiger partial charge in [-0.1, -0.05) is 103 Å². The van der Waals surface area contributed by atoms with Gasteiger partial charge >= 0.3 is 0 Å². The molecule has 0 atom stereocenters. The van der Waals surface area contributed by atoms with Crippen LogP contribution in [0.3, 0.4) is 0 Å². The van der Waals surface area contributed by atoms with E-state index in [0.29, 0.717) is 38.6 Å². The molecular weight excluding hydrogens is 462 g/mol. The summed E-state index contributed by atoms with van der Waals surface area (Å²) in [5, 5.41) is 12.3. The highest BCUT2D eigenvalue weighted by atomic mass is 35.5. The highest BCUT2D eigenvalue weighted by Gasteiger charge is 2.32. The Kier molecular flexibility index (Phi) is 6.00. The SMILES string of the molecule is O=C(c1ccccc1)c1c(-c2ccccc2)oc(-c2ccccc2[N+](=O)[O-])c1-c1ccccc1Cl. The van der Waals surface area contributed by atoms with E-state index >= 15 is 0 Å². The van der Waals surface area contributed by atoms with Gasteiger partial charge in [0.05, 0.1) is 16.1 Å². The maximum absolute atomic E-state index is 14.0. The Bertz CT molecular complexity index is 1540. The summed E-state index contributed by atoms with van der Waals surface area (Å²) in [5.74, 6) is 0.263. The number of carbonyl (C=O) groups is 1. The molecule has 1 heterocycles. The van der Waals surface area contributed by atoms with E-state index in [4.69, 9.17) is 16.0 Å². The summed E-state index contributed by atoms with van der Waals surface area (Å²) in [6.45, 7) is 0. The van der Waals surface area contributed by atoms with Gasteiger partial charge in [-0.25, -0.2) is 0 Å². The summed E-state index contributed by atoms with van der Waals surface area (Å²) in [6.07, 6.45) is 0. The van der Waals surface area contributed by atoms with Crippen LogP contribution in [0.4, 0.5) is 5.69 Å². The van der Waals surface area contributed by atoms with Crippen LogP contribution in [0.25, 0.3) is 33.8 Å². The molecule has 0 unspecified atom stereocenters. The number of para-hydroxylation sites is 1. The summed E-state index contributed by atoms with van der Waals surface area (Å²) >= 11 is 6.61. The second kappa shape index (κ2) is 9.41. The number of nitro groups is 1. The summed E-state index contributed by atoms with van der Waals surface area (Å²) in [6, 6.07) is 31.5. The molecule has 0 saturated carbocycles. The Labute approximate surface area is 206 Å². The topological polar surface area (TPSA) is 73.3 Å². The minimum absolute atomic E-state index is 0.132. The summed E-state index contributed by atoms with van der Waals surface area (Å²) in [7, 11) is 0. The van der Waals surface area contributed by atoms with E-state index in [0.717, 1.165) is 0 Å². The average molecular weight is 480 g/mol. The van der Waals surface area contributed by atoms with E-state index in [1.807, 2.05) is 36.4 Å². The number of hydrogen-bond acceptors (Lipinski definition) is 4. The highest BCUT2D eigenvalue weighted by molar-refractivity contribution is 6.34. The lowest BCUT2D eigenvalue weighted by atomic mass is 9.90. The molecule has 0 bridgehead atoms. The number of hydrogen-bond donors (Lipinski definition) is 0. The van der Waals surface area contributed by atoms with E-state index in [2.05, 4.69) is 0 Å². The van der Waals surface area contributed by atoms with Gasteiger partial charge in [-0.05, 0) is 12.1 Å². The van der Waals surface area contributed by atoms with Crippen LogP contribution in [0.1, 0.15) is 15.9 Å². The van der Waals surface area contributed by atoms with Gasteiger partial charge in [0.25, 0.3) is 5.69 Å². The van der Waals surface area contributed by atoms with Gasteiger partial charge in [0.2, 0.25) is 0 Å². The van der Waals surface area contributed by atoms with E-state index in [9.17, 15) is 14.9 Å². The monoisotopic (exact) mass is 479 g/mol. The third-order valence-corrected chi connectivity index (χ3v) is 6.03. The van der Waals surface area contributed by atoms with Crippen LogP contribution in [0, 0.1) is 10.1 Å². The second-order valence-corrected chi connectivity index (χ2v) is 8.23. The zero-order valence-corrected chi connectivity index (χ0v) is 19.1. The first-order chi connectivity index (χ1) is 17.1. The van der Waals surface area contributed by atoms with Gasteiger partial charge in [-0.3, -0.25) is 14.9 Å². The minimum Gasteiger partial charge on any atom is -0.454 e. The molecule has 4 aromatic carbocycles. The molecule has 1 aromatic heterocycles. The number of nitrogens with zero attached hydrogens (tertiary/aromatic N) is 1. The van der Waals surface area contributed by atoms with E-state index in [1.165, 1.54) is 6.07 Å². The summed E-state index contributed by atoms with van der Waals surface area (Å²) in [5.41, 5.74) is 2.52. The smallest absolute Gasteiger partial charge is 0.280 e. The summed E-state index contributed by atoms with van der Waals surface area (Å²) in [4.78, 5) is 25.4. The lowest BCUT2D eigenvalue weighted by Crippen LogP contribution is -2.04. The number of ketones is 1. The van der Waals surface area contributed by atoms with Crippen LogP contribution in [0.15, 0.2) is 114 Å². The first-order valence-corrected chi connectivity index (χ1v) is 11.2. The number of rotatable bonds is 6. The molecular formula is C29H18ClNO4. The first-order valence-electron chi connectivity index (χ1n) is 10.9. The van der Waals surface area contributed by atoms with Crippen molar-refractivity contribution in [2.75, 3.05) is 0 Å². The standard InChI is InChI=1S/C29H18ClNO4/c30-23-17-9-7-15-21(23)25-26(27(32)19-11-3-1-4-12-19)28(20-13-5-2-6-14-20)35-29(25)22-16-8-10-18-24(22)31(33)34/h1-18H. The van der Waals surface area contributed by atoms with Gasteiger partial charge in [0.1, 0.15) is 11.5 Å². The Hall–Kier alpha value is -4.48. The quantitative estimate of drug-likeness (QED) is 0.140. The molecule has 5 aromatic rings. The van der Waals surface area contributed by atoms with Gasteiger partial charge in [-0.2, -0.15) is 0 Å². The van der Waals surface area contributed by atoms with Crippen LogP contribution < -0.4 is 0 Å². The van der Waals surface area contributed by atoms with Crippen LogP contribution >= 0.6 is 11.6 Å². The predicted molar refractivity (Wildman–Crippen MR) is 137 cm³/mol. The maximum Gasteiger partial charge on any atom is 0.280 e. The highest BCUT2D eigenvalue weighted by Crippen LogP contribution is 2.47. The van der Waals surface area contributed by atoms with Crippen molar-refractivity contribution in [1.29, 1.82) is 0 Å². The molecule has 0 saturated heterocycles. The molecule has 6 heteroatoms. The molecule has 0 aliphatic carbocycles. The van der Waals surface area contributed by atoms with Gasteiger partial charge in [0, 0.05) is 33.3 Å². The molecule has 0 aliphatic rings. The van der Waals surface area contributed by atoms with Crippen molar-refractivity contribution in [3.8, 4) is 33.8 Å². The number of nitro benzene ring substituents is 1. The van der Waals surface area contributed by atoms with Crippen molar-refractivity contribution in [3.05, 3.63) is 135 Å². The van der Waals surface area contributed by atoms with E-state index in [-0.39, 0.29) is 22.8 Å². The lowest BCUT2D eigenvalue weighted by Gasteiger charge is -2.09. The molecule has 0 fully saturated rings. The van der Waals surface area contributed by atoms with Gasteiger partial charge < -0.3 is 4.42 Å². The van der Waals surface area contributed by atoms with Gasteiger partial charge in [-0.15, -0.1) is 0 Å². The fourth-order valence-electron chi connectivity index (χ4n) is 4.11. The summed E-state index contributed by atoms with van der Waals surface area (Å²) < 4.78 is 6.38. The molecule has 5 rings (SSSR count). The van der Waals surface area contributed by atoms with Crippen LogP contribution in [-0.4, -0.2) is 10.7 Å². The normalized spacial score (nSPS) is 10.8. The number of furan rings is 1. The third-order valence-electron chi connectivity index (χ3n) is 5.70. The molecule has 0 amide bonds. The molecule has 35 heavy (non-hydrogen) atoms. The molecule has 0 N–H and O–H groups in total. The van der Waals surface area contributed by atoms with Crippen molar-refractivity contribution >= 4 is 23.1 Å². The number of carbonyl (C=O) groups excluding carboxylic acids is 1. The zero-order chi connectivity index (χ0) is 24.4. The maximum atomic E-state index is 14.0. The molecule has 0 radical (unpaired) electrons. The van der Waals surface area contributed by atoms with Crippen LogP contribution in [0.5, 0.6) is 0 Å². The fraction of sp³-hybridized carbons (Fsp3) is 0. The number of halogens is 1. The van der Waals surface area contributed by atoms with Crippen molar-refractivity contribution < 1.29 is 14.1 Å². The largest absolute Gasteiger partial charge is 0.454 e. The minimum atomic E-state index is -0.463.